The fourth-order valence-electron chi connectivity index (χ4n) is 3.90. The molecule has 0 bridgehead atoms. The minimum absolute atomic E-state index is 0.0313. The molecule has 1 N–H and O–H groups in total. The first-order valence-electron chi connectivity index (χ1n) is 12.3. The summed E-state index contributed by atoms with van der Waals surface area (Å²) in [7, 11) is 0. The second-order valence-corrected chi connectivity index (χ2v) is 11.4. The van der Waals surface area contributed by atoms with Crippen molar-refractivity contribution < 1.29 is 9.59 Å². The fraction of sp³-hybridized carbons (Fsp3) is 0.333. The van der Waals surface area contributed by atoms with Crippen LogP contribution in [0.4, 0.5) is 0 Å². The van der Waals surface area contributed by atoms with Gasteiger partial charge < -0.3 is 10.2 Å². The van der Waals surface area contributed by atoms with Crippen LogP contribution in [0, 0.1) is 12.8 Å². The average Bonchev–Trinajstić information content (AvgIpc) is 2.86. The van der Waals surface area contributed by atoms with E-state index in [0.717, 1.165) is 21.4 Å². The largest absolute Gasteiger partial charge is 0.354 e. The number of nitrogens with zero attached hydrogens (tertiary/aromatic N) is 1. The van der Waals surface area contributed by atoms with Gasteiger partial charge in [0.2, 0.25) is 11.8 Å². The van der Waals surface area contributed by atoms with E-state index in [2.05, 4.69) is 60.2 Å². The van der Waals surface area contributed by atoms with Gasteiger partial charge in [0.15, 0.2) is 0 Å². The SMILES string of the molecule is Cc1cccc(CSCC(=O)N(Cc2ccc(Br)cc2)C(Cc2ccccc2)C(=O)NCC(C)C)c1. The molecule has 0 saturated carbocycles. The van der Waals surface area contributed by atoms with Gasteiger partial charge in [-0.05, 0) is 41.7 Å². The minimum Gasteiger partial charge on any atom is -0.354 e. The summed E-state index contributed by atoms with van der Waals surface area (Å²) < 4.78 is 0.980. The Bertz CT molecular complexity index is 1120. The maximum Gasteiger partial charge on any atom is 0.243 e. The zero-order valence-electron chi connectivity index (χ0n) is 21.2. The lowest BCUT2D eigenvalue weighted by atomic mass is 10.0. The highest BCUT2D eigenvalue weighted by Crippen LogP contribution is 2.20. The molecular weight excluding hydrogens is 532 g/mol. The van der Waals surface area contributed by atoms with Crippen molar-refractivity contribution >= 4 is 39.5 Å². The highest BCUT2D eigenvalue weighted by atomic mass is 79.9. The van der Waals surface area contributed by atoms with Gasteiger partial charge in [-0.2, -0.15) is 0 Å². The number of halogens is 1. The smallest absolute Gasteiger partial charge is 0.243 e. The van der Waals surface area contributed by atoms with Crippen molar-refractivity contribution in [2.24, 2.45) is 5.92 Å². The van der Waals surface area contributed by atoms with E-state index in [0.29, 0.717) is 31.2 Å². The third kappa shape index (κ3) is 9.14. The minimum atomic E-state index is -0.595. The van der Waals surface area contributed by atoms with Crippen LogP contribution in [0.25, 0.3) is 0 Å². The summed E-state index contributed by atoms with van der Waals surface area (Å²) in [6.45, 7) is 7.16. The Morgan fingerprint density at radius 1 is 0.917 bits per heavy atom. The average molecular weight is 568 g/mol. The number of hydrogen-bond acceptors (Lipinski definition) is 3. The summed E-state index contributed by atoms with van der Waals surface area (Å²) in [5.74, 6) is 1.25. The summed E-state index contributed by atoms with van der Waals surface area (Å²) in [6.07, 6.45) is 0.468. The monoisotopic (exact) mass is 566 g/mol. The molecule has 190 valence electrons. The molecule has 3 aromatic rings. The van der Waals surface area contributed by atoms with Crippen LogP contribution < -0.4 is 5.32 Å². The lowest BCUT2D eigenvalue weighted by molar-refractivity contribution is -0.139. The molecule has 36 heavy (non-hydrogen) atoms. The molecule has 1 unspecified atom stereocenters. The van der Waals surface area contributed by atoms with Gasteiger partial charge in [0.05, 0.1) is 5.75 Å². The van der Waals surface area contributed by atoms with Crippen molar-refractivity contribution in [1.82, 2.24) is 10.2 Å². The molecule has 4 nitrogen and oxygen atoms in total. The van der Waals surface area contributed by atoms with Crippen LogP contribution in [0.15, 0.2) is 83.3 Å². The van der Waals surface area contributed by atoms with E-state index < -0.39 is 6.04 Å². The maximum absolute atomic E-state index is 13.7. The van der Waals surface area contributed by atoms with E-state index >= 15 is 0 Å². The fourth-order valence-corrected chi connectivity index (χ4v) is 5.03. The summed E-state index contributed by atoms with van der Waals surface area (Å²) in [5, 5.41) is 3.07. The van der Waals surface area contributed by atoms with Crippen LogP contribution in [-0.2, 0) is 28.3 Å². The van der Waals surface area contributed by atoms with Crippen LogP contribution in [-0.4, -0.2) is 35.1 Å². The number of amides is 2. The molecule has 0 saturated heterocycles. The molecule has 3 rings (SSSR count). The molecule has 2 amide bonds. The highest BCUT2D eigenvalue weighted by Gasteiger charge is 2.30. The Morgan fingerprint density at radius 3 is 2.28 bits per heavy atom. The van der Waals surface area contributed by atoms with Crippen molar-refractivity contribution in [2.75, 3.05) is 12.3 Å². The molecule has 0 aromatic heterocycles. The molecule has 0 aliphatic heterocycles. The summed E-state index contributed by atoms with van der Waals surface area (Å²) >= 11 is 5.07. The molecule has 0 heterocycles. The normalized spacial score (nSPS) is 11.8. The molecule has 0 aliphatic rings. The van der Waals surface area contributed by atoms with Crippen molar-refractivity contribution in [2.45, 2.75) is 45.5 Å². The third-order valence-electron chi connectivity index (χ3n) is 5.80. The lowest BCUT2D eigenvalue weighted by Gasteiger charge is -2.32. The van der Waals surface area contributed by atoms with Gasteiger partial charge in [-0.25, -0.2) is 0 Å². The number of benzene rings is 3. The zero-order chi connectivity index (χ0) is 25.9. The first-order chi connectivity index (χ1) is 17.3. The second-order valence-electron chi connectivity index (χ2n) is 9.47. The Labute approximate surface area is 228 Å². The molecule has 0 spiro atoms. The predicted octanol–water partition coefficient (Wildman–Crippen LogP) is 6.40. The number of aryl methyl sites for hydroxylation is 1. The van der Waals surface area contributed by atoms with E-state index in [1.54, 1.807) is 16.7 Å². The standard InChI is InChI=1S/C30H35BrN2O2S/c1-22(2)18-32-30(35)28(17-24-9-5-4-6-10-24)33(19-25-12-14-27(31)15-13-25)29(34)21-36-20-26-11-7-8-23(3)16-26/h4-16,22,28H,17-21H2,1-3H3,(H,32,35). The number of rotatable bonds is 12. The molecule has 1 atom stereocenters. The van der Waals surface area contributed by atoms with Crippen LogP contribution >= 0.6 is 27.7 Å². The van der Waals surface area contributed by atoms with Gasteiger partial charge in [-0.3, -0.25) is 9.59 Å². The third-order valence-corrected chi connectivity index (χ3v) is 7.32. The number of nitrogens with one attached hydrogen (secondary N) is 1. The van der Waals surface area contributed by atoms with Crippen LogP contribution in [0.2, 0.25) is 0 Å². The van der Waals surface area contributed by atoms with E-state index in [1.807, 2.05) is 60.7 Å². The van der Waals surface area contributed by atoms with Crippen molar-refractivity contribution in [1.29, 1.82) is 0 Å². The van der Waals surface area contributed by atoms with Gasteiger partial charge in [-0.1, -0.05) is 102 Å². The second kappa shape index (κ2) is 14.2. The lowest BCUT2D eigenvalue weighted by Crippen LogP contribution is -2.51. The van der Waals surface area contributed by atoms with Crippen LogP contribution in [0.3, 0.4) is 0 Å². The van der Waals surface area contributed by atoms with Crippen LogP contribution in [0.5, 0.6) is 0 Å². The molecular formula is C30H35BrN2O2S. The molecule has 0 aliphatic carbocycles. The highest BCUT2D eigenvalue weighted by molar-refractivity contribution is 9.10. The first kappa shape index (κ1) is 28.0. The van der Waals surface area contributed by atoms with Crippen molar-refractivity contribution in [3.63, 3.8) is 0 Å². The quantitative estimate of drug-likeness (QED) is 0.276. The molecule has 3 aromatic carbocycles. The van der Waals surface area contributed by atoms with Gasteiger partial charge in [0, 0.05) is 29.7 Å². The summed E-state index contributed by atoms with van der Waals surface area (Å²) in [6, 6.07) is 25.6. The van der Waals surface area contributed by atoms with Gasteiger partial charge >= 0.3 is 0 Å². The van der Waals surface area contributed by atoms with E-state index in [9.17, 15) is 9.59 Å². The first-order valence-corrected chi connectivity index (χ1v) is 14.3. The molecule has 0 fully saturated rings. The number of thioether (sulfide) groups is 1. The molecule has 0 radical (unpaired) electrons. The summed E-state index contributed by atoms with van der Waals surface area (Å²) in [5.41, 5.74) is 4.43. The summed E-state index contributed by atoms with van der Waals surface area (Å²) in [4.78, 5) is 28.9. The van der Waals surface area contributed by atoms with Gasteiger partial charge in [-0.15, -0.1) is 11.8 Å². The number of hydrogen-bond donors (Lipinski definition) is 1. The van der Waals surface area contributed by atoms with Crippen LogP contribution in [0.1, 0.15) is 36.1 Å². The van der Waals surface area contributed by atoms with E-state index in [-0.39, 0.29) is 11.8 Å². The topological polar surface area (TPSA) is 49.4 Å². The van der Waals surface area contributed by atoms with E-state index in [1.165, 1.54) is 11.1 Å². The Hall–Kier alpha value is -2.57. The number of carbonyl (C=O) groups is 2. The Kier molecular flexibility index (Phi) is 11.1. The predicted molar refractivity (Wildman–Crippen MR) is 154 cm³/mol. The zero-order valence-corrected chi connectivity index (χ0v) is 23.6. The molecule has 6 heteroatoms. The number of carbonyl (C=O) groups excluding carboxylic acids is 2. The van der Waals surface area contributed by atoms with Gasteiger partial charge in [0.25, 0.3) is 0 Å². The van der Waals surface area contributed by atoms with E-state index in [4.69, 9.17) is 0 Å². The maximum atomic E-state index is 13.7. The van der Waals surface area contributed by atoms with Crippen molar-refractivity contribution in [3.8, 4) is 0 Å². The Morgan fingerprint density at radius 2 is 1.61 bits per heavy atom. The van der Waals surface area contributed by atoms with Crippen molar-refractivity contribution in [3.05, 3.63) is 106 Å². The Balaban J connectivity index is 1.83. The van der Waals surface area contributed by atoms with Gasteiger partial charge in [0.1, 0.15) is 6.04 Å².